The van der Waals surface area contributed by atoms with Gasteiger partial charge in [0.15, 0.2) is 0 Å². The highest BCUT2D eigenvalue weighted by Gasteiger charge is 2.10. The third-order valence-electron chi connectivity index (χ3n) is 3.59. The third-order valence-corrected chi connectivity index (χ3v) is 3.59. The van der Waals surface area contributed by atoms with Crippen molar-refractivity contribution < 1.29 is 4.79 Å². The number of fused-ring (bicyclic) bond motifs is 1. The molecule has 0 unspecified atom stereocenters. The van der Waals surface area contributed by atoms with E-state index in [1.807, 2.05) is 25.1 Å². The molecule has 3 aromatic rings. The van der Waals surface area contributed by atoms with Crippen molar-refractivity contribution in [2.45, 2.75) is 13.3 Å². The highest BCUT2D eigenvalue weighted by Crippen LogP contribution is 2.21. The zero-order valence-electron chi connectivity index (χ0n) is 12.1. The molecule has 0 aliphatic rings. The second-order valence-electron chi connectivity index (χ2n) is 5.08. The fourth-order valence-electron chi connectivity index (χ4n) is 2.51. The van der Waals surface area contributed by atoms with Crippen LogP contribution in [0.3, 0.4) is 0 Å². The van der Waals surface area contributed by atoms with Gasteiger partial charge in [-0.15, -0.1) is 0 Å². The fourth-order valence-corrected chi connectivity index (χ4v) is 2.51. The van der Waals surface area contributed by atoms with Crippen LogP contribution in [0.1, 0.15) is 21.7 Å². The Morgan fingerprint density at radius 2 is 2.14 bits per heavy atom. The second kappa shape index (κ2) is 5.85. The first-order valence-electron chi connectivity index (χ1n) is 7.04. The number of carbonyl (C=O) groups excluding carboxylic acids is 1. The number of aromatic nitrogens is 3. The maximum absolute atomic E-state index is 11.9. The van der Waals surface area contributed by atoms with Crippen molar-refractivity contribution in [1.82, 2.24) is 20.3 Å². The van der Waals surface area contributed by atoms with Crippen molar-refractivity contribution in [1.29, 1.82) is 0 Å². The lowest BCUT2D eigenvalue weighted by molar-refractivity contribution is 0.0948. The molecule has 0 fully saturated rings. The molecular weight excluding hydrogens is 280 g/mol. The molecule has 0 bridgehead atoms. The first-order valence-corrected chi connectivity index (χ1v) is 7.04. The van der Waals surface area contributed by atoms with Crippen LogP contribution in [0.15, 0.2) is 41.5 Å². The number of amides is 1. The molecule has 0 atom stereocenters. The van der Waals surface area contributed by atoms with E-state index >= 15 is 0 Å². The molecule has 6 nitrogen and oxygen atoms in total. The molecule has 0 aliphatic carbocycles. The largest absolute Gasteiger partial charge is 0.358 e. The van der Waals surface area contributed by atoms with E-state index in [1.165, 1.54) is 17.1 Å². The van der Waals surface area contributed by atoms with Gasteiger partial charge in [0, 0.05) is 29.3 Å². The lowest BCUT2D eigenvalue weighted by atomic mass is 10.1. The van der Waals surface area contributed by atoms with Crippen molar-refractivity contribution in [3.63, 3.8) is 0 Å². The zero-order valence-corrected chi connectivity index (χ0v) is 12.1. The topological polar surface area (TPSA) is 90.6 Å². The smallest absolute Gasteiger partial charge is 0.271 e. The highest BCUT2D eigenvalue weighted by molar-refractivity contribution is 5.92. The van der Waals surface area contributed by atoms with Crippen molar-refractivity contribution in [3.05, 3.63) is 64.0 Å². The summed E-state index contributed by atoms with van der Waals surface area (Å²) in [5.41, 5.74) is 3.28. The summed E-state index contributed by atoms with van der Waals surface area (Å²) in [5.74, 6) is -0.297. The molecule has 3 rings (SSSR count). The molecule has 1 aromatic carbocycles. The van der Waals surface area contributed by atoms with Crippen LogP contribution in [-0.2, 0) is 6.42 Å². The number of carbonyl (C=O) groups is 1. The average molecular weight is 296 g/mol. The molecule has 112 valence electrons. The molecule has 0 radical (unpaired) electrons. The van der Waals surface area contributed by atoms with Crippen molar-refractivity contribution in [2.24, 2.45) is 0 Å². The quantitative estimate of drug-likeness (QED) is 0.682. The van der Waals surface area contributed by atoms with Crippen LogP contribution in [0.4, 0.5) is 0 Å². The Bertz CT molecular complexity index is 859. The monoisotopic (exact) mass is 296 g/mol. The number of hydrogen-bond acceptors (Lipinski definition) is 3. The second-order valence-corrected chi connectivity index (χ2v) is 5.08. The first-order chi connectivity index (χ1) is 10.6. The summed E-state index contributed by atoms with van der Waals surface area (Å²) in [4.78, 5) is 32.4. The Balaban J connectivity index is 1.67. The number of benzene rings is 1. The maximum atomic E-state index is 11.9. The number of para-hydroxylation sites is 1. The van der Waals surface area contributed by atoms with Gasteiger partial charge >= 0.3 is 0 Å². The standard InChI is InChI=1S/C16H16N4O2/c1-10-11(12-4-2-3-5-13(12)20-10)6-7-17-16(22)14-8-19-15(21)9-18-14/h2-5,8-9,20H,6-7H2,1H3,(H,17,22)(H,19,21). The Hall–Kier alpha value is -2.89. The van der Waals surface area contributed by atoms with Crippen LogP contribution in [0.25, 0.3) is 10.9 Å². The summed E-state index contributed by atoms with van der Waals surface area (Å²) in [6, 6.07) is 8.10. The number of aromatic amines is 2. The van der Waals surface area contributed by atoms with Gasteiger partial charge in [0.25, 0.3) is 11.5 Å². The maximum Gasteiger partial charge on any atom is 0.271 e. The molecule has 0 saturated carbocycles. The third kappa shape index (κ3) is 2.76. The number of H-pyrrole nitrogens is 2. The van der Waals surface area contributed by atoms with E-state index in [9.17, 15) is 9.59 Å². The number of rotatable bonds is 4. The summed E-state index contributed by atoms with van der Waals surface area (Å²) in [5, 5.41) is 3.99. The minimum absolute atomic E-state index is 0.204. The van der Waals surface area contributed by atoms with Crippen molar-refractivity contribution in [2.75, 3.05) is 6.54 Å². The highest BCUT2D eigenvalue weighted by atomic mass is 16.2. The van der Waals surface area contributed by atoms with E-state index < -0.39 is 0 Å². The Morgan fingerprint density at radius 1 is 1.32 bits per heavy atom. The lowest BCUT2D eigenvalue weighted by Gasteiger charge is -2.05. The van der Waals surface area contributed by atoms with Gasteiger partial charge in [-0.1, -0.05) is 18.2 Å². The molecule has 2 aromatic heterocycles. The van der Waals surface area contributed by atoms with E-state index in [-0.39, 0.29) is 17.2 Å². The van der Waals surface area contributed by atoms with E-state index in [0.717, 1.165) is 23.8 Å². The van der Waals surface area contributed by atoms with Crippen LogP contribution < -0.4 is 10.9 Å². The number of hydrogen-bond donors (Lipinski definition) is 3. The molecule has 0 spiro atoms. The van der Waals surface area contributed by atoms with Gasteiger partial charge in [-0.2, -0.15) is 0 Å². The molecular formula is C16H16N4O2. The number of aryl methyl sites for hydroxylation is 1. The summed E-state index contributed by atoms with van der Waals surface area (Å²) >= 11 is 0. The van der Waals surface area contributed by atoms with Gasteiger partial charge in [0.05, 0.1) is 6.20 Å². The molecule has 0 aliphatic heterocycles. The van der Waals surface area contributed by atoms with Crippen LogP contribution in [0, 0.1) is 6.92 Å². The van der Waals surface area contributed by atoms with Crippen LogP contribution in [0.2, 0.25) is 0 Å². The van der Waals surface area contributed by atoms with Crippen LogP contribution in [0.5, 0.6) is 0 Å². The Labute approximate surface area is 126 Å². The Kier molecular flexibility index (Phi) is 3.74. The van der Waals surface area contributed by atoms with Gasteiger partial charge < -0.3 is 15.3 Å². The number of nitrogens with one attached hydrogen (secondary N) is 3. The van der Waals surface area contributed by atoms with E-state index in [2.05, 4.69) is 26.3 Å². The zero-order chi connectivity index (χ0) is 15.5. The van der Waals surface area contributed by atoms with Crippen LogP contribution >= 0.6 is 0 Å². The molecule has 3 N–H and O–H groups in total. The predicted molar refractivity (Wildman–Crippen MR) is 83.9 cm³/mol. The van der Waals surface area contributed by atoms with Gasteiger partial charge in [0.2, 0.25) is 0 Å². The van der Waals surface area contributed by atoms with Crippen molar-refractivity contribution in [3.8, 4) is 0 Å². The fraction of sp³-hybridized carbons (Fsp3) is 0.188. The SMILES string of the molecule is Cc1[nH]c2ccccc2c1CCNC(=O)c1c[nH]c(=O)cn1. The lowest BCUT2D eigenvalue weighted by Crippen LogP contribution is -2.27. The van der Waals surface area contributed by atoms with Gasteiger partial charge in [-0.3, -0.25) is 9.59 Å². The first kappa shape index (κ1) is 14.1. The van der Waals surface area contributed by atoms with Gasteiger partial charge in [-0.05, 0) is 25.0 Å². The van der Waals surface area contributed by atoms with Crippen molar-refractivity contribution >= 4 is 16.8 Å². The molecule has 0 saturated heterocycles. The summed E-state index contributed by atoms with van der Waals surface area (Å²) < 4.78 is 0. The van der Waals surface area contributed by atoms with E-state index in [1.54, 1.807) is 0 Å². The number of nitrogens with zero attached hydrogens (tertiary/aromatic N) is 1. The molecule has 22 heavy (non-hydrogen) atoms. The summed E-state index contributed by atoms with van der Waals surface area (Å²) in [6.45, 7) is 2.53. The molecule has 1 amide bonds. The average Bonchev–Trinajstić information content (AvgIpc) is 2.84. The predicted octanol–water partition coefficient (Wildman–Crippen LogP) is 1.53. The minimum Gasteiger partial charge on any atom is -0.358 e. The Morgan fingerprint density at radius 3 is 2.91 bits per heavy atom. The summed E-state index contributed by atoms with van der Waals surface area (Å²) in [7, 11) is 0. The molecule has 2 heterocycles. The van der Waals surface area contributed by atoms with Gasteiger partial charge in [-0.25, -0.2) is 4.98 Å². The van der Waals surface area contributed by atoms with E-state index in [4.69, 9.17) is 0 Å². The normalized spacial score (nSPS) is 10.8. The minimum atomic E-state index is -0.328. The van der Waals surface area contributed by atoms with Gasteiger partial charge in [0.1, 0.15) is 5.69 Å². The van der Waals surface area contributed by atoms with E-state index in [0.29, 0.717) is 6.54 Å². The molecule has 6 heteroatoms. The van der Waals surface area contributed by atoms with Crippen LogP contribution in [-0.4, -0.2) is 27.4 Å². The summed E-state index contributed by atoms with van der Waals surface area (Å²) in [6.07, 6.45) is 3.14.